The number of aromatic nitrogens is 7. The third-order valence-corrected chi connectivity index (χ3v) is 15.8. The number of rotatable bonds is 11. The highest BCUT2D eigenvalue weighted by molar-refractivity contribution is 6.31. The summed E-state index contributed by atoms with van der Waals surface area (Å²) in [6.07, 6.45) is 15.1. The van der Waals surface area contributed by atoms with Crippen molar-refractivity contribution >= 4 is 40.1 Å². The normalized spacial score (nSPS) is 20.6. The lowest BCUT2D eigenvalue weighted by Crippen LogP contribution is -2.74. The number of pyridine rings is 1. The minimum Gasteiger partial charge on any atom is -0.489 e. The number of nitriles is 1. The Hall–Kier alpha value is -6.37. The number of amides is 2. The van der Waals surface area contributed by atoms with Gasteiger partial charge in [0.2, 0.25) is 11.9 Å². The minimum atomic E-state index is -0.376. The summed E-state index contributed by atoms with van der Waals surface area (Å²) in [5.74, 6) is 1.78. The van der Waals surface area contributed by atoms with Crippen LogP contribution < -0.4 is 15.0 Å². The van der Waals surface area contributed by atoms with Crippen LogP contribution in [-0.4, -0.2) is 108 Å². The van der Waals surface area contributed by atoms with Gasteiger partial charge < -0.3 is 24.8 Å². The molecule has 3 fully saturated rings. The molecule has 0 atom stereocenters. The topological polar surface area (TPSA) is 163 Å². The zero-order chi connectivity index (χ0) is 48.2. The lowest BCUT2D eigenvalue weighted by molar-refractivity contribution is -0.164. The monoisotopic (exact) mass is 948 g/mol. The quantitative estimate of drug-likeness (QED) is 0.133. The number of aryl methyl sites for hydroxylation is 1. The molecule has 3 aliphatic heterocycles. The number of hydrogen-bond donors (Lipinski definition) is 1. The maximum atomic E-state index is 13.5. The first-order valence-electron chi connectivity index (χ1n) is 24.4. The molecule has 0 bridgehead atoms. The predicted octanol–water partition coefficient (Wildman–Crippen LogP) is 8.27. The van der Waals surface area contributed by atoms with Crippen molar-refractivity contribution in [1.82, 2.24) is 49.6 Å². The SMILES string of the molecule is CC(=O)N1CCc2c(c(-c3cccc4cc(-c5cnn(C)c5)ncc34)nn2C2CCN(CCC3CCN(c4ncc(C(=O)NC5C(C)(C)C(Oc6ccc(C#N)c(Cl)c6)C5(C)C)cn4)CC3)CC2)C1. The smallest absolute Gasteiger partial charge is 0.254 e. The lowest BCUT2D eigenvalue weighted by atomic mass is 9.49. The highest BCUT2D eigenvalue weighted by Gasteiger charge is 2.64. The van der Waals surface area contributed by atoms with Crippen LogP contribution in [0.1, 0.15) is 99.9 Å². The third kappa shape index (κ3) is 8.93. The molecule has 4 aliphatic rings. The molecule has 2 amide bonds. The maximum Gasteiger partial charge on any atom is 0.254 e. The molecular weight excluding hydrogens is 888 g/mol. The molecule has 1 saturated carbocycles. The van der Waals surface area contributed by atoms with E-state index in [2.05, 4.69) is 92.9 Å². The van der Waals surface area contributed by atoms with Gasteiger partial charge in [-0.2, -0.15) is 15.5 Å². The van der Waals surface area contributed by atoms with Gasteiger partial charge in [-0.25, -0.2) is 9.97 Å². The second-order valence-electron chi connectivity index (χ2n) is 20.8. The summed E-state index contributed by atoms with van der Waals surface area (Å²) in [6, 6.07) is 15.8. The highest BCUT2D eigenvalue weighted by Crippen LogP contribution is 2.55. The largest absolute Gasteiger partial charge is 0.489 e. The van der Waals surface area contributed by atoms with Crippen molar-refractivity contribution in [2.45, 2.75) is 97.9 Å². The van der Waals surface area contributed by atoms with E-state index in [9.17, 15) is 14.9 Å². The van der Waals surface area contributed by atoms with E-state index in [0.717, 1.165) is 104 Å². The number of fused-ring (bicyclic) bond motifs is 2. The van der Waals surface area contributed by atoms with Crippen LogP contribution in [0.25, 0.3) is 33.3 Å². The highest BCUT2D eigenvalue weighted by atomic mass is 35.5. The molecule has 16 heteroatoms. The molecule has 1 aliphatic carbocycles. The number of hydrogen-bond acceptors (Lipinski definition) is 11. The molecule has 7 heterocycles. The zero-order valence-electron chi connectivity index (χ0n) is 40.5. The Balaban J connectivity index is 0.717. The fourth-order valence-corrected chi connectivity index (χ4v) is 12.1. The average molecular weight is 950 g/mol. The average Bonchev–Trinajstić information content (AvgIpc) is 3.97. The van der Waals surface area contributed by atoms with E-state index in [-0.39, 0.29) is 34.8 Å². The van der Waals surface area contributed by atoms with Crippen molar-refractivity contribution in [2.75, 3.05) is 44.2 Å². The van der Waals surface area contributed by atoms with Gasteiger partial charge in [-0.1, -0.05) is 57.5 Å². The Morgan fingerprint density at radius 2 is 1.68 bits per heavy atom. The van der Waals surface area contributed by atoms with Crippen molar-refractivity contribution in [2.24, 2.45) is 23.8 Å². The summed E-state index contributed by atoms with van der Waals surface area (Å²) < 4.78 is 10.5. The van der Waals surface area contributed by atoms with Gasteiger partial charge in [-0.05, 0) is 68.2 Å². The molecule has 10 rings (SSSR count). The van der Waals surface area contributed by atoms with Gasteiger partial charge in [0, 0.05) is 135 Å². The first kappa shape index (κ1) is 46.4. The van der Waals surface area contributed by atoms with Gasteiger partial charge in [-0.3, -0.25) is 23.9 Å². The molecule has 0 spiro atoms. The van der Waals surface area contributed by atoms with Gasteiger partial charge in [0.15, 0.2) is 0 Å². The van der Waals surface area contributed by atoms with Crippen molar-refractivity contribution in [1.29, 1.82) is 5.26 Å². The number of likely N-dealkylation sites (tertiary alicyclic amines) is 1. The molecule has 0 unspecified atom stereocenters. The van der Waals surface area contributed by atoms with Crippen molar-refractivity contribution in [3.05, 3.63) is 101 Å². The molecule has 2 aromatic carbocycles. The molecule has 0 radical (unpaired) electrons. The fourth-order valence-electron chi connectivity index (χ4n) is 11.9. The summed E-state index contributed by atoms with van der Waals surface area (Å²) in [7, 11) is 1.91. The molecule has 2 saturated heterocycles. The number of nitrogens with one attached hydrogen (secondary N) is 1. The van der Waals surface area contributed by atoms with E-state index in [1.165, 1.54) is 12.1 Å². The van der Waals surface area contributed by atoms with E-state index in [0.29, 0.717) is 52.9 Å². The number of benzene rings is 2. The number of carbonyl (C=O) groups excluding carboxylic acids is 2. The summed E-state index contributed by atoms with van der Waals surface area (Å²) >= 11 is 6.28. The summed E-state index contributed by atoms with van der Waals surface area (Å²) in [4.78, 5) is 47.2. The summed E-state index contributed by atoms with van der Waals surface area (Å²) in [5.41, 5.74) is 6.39. The molecule has 6 aromatic rings. The Bertz CT molecular complexity index is 2920. The fraction of sp³-hybridized carbons (Fsp3) is 0.472. The maximum absolute atomic E-state index is 13.5. The Kier molecular flexibility index (Phi) is 12.4. The Labute approximate surface area is 408 Å². The Morgan fingerprint density at radius 1 is 0.928 bits per heavy atom. The van der Waals surface area contributed by atoms with Crippen LogP contribution in [0.3, 0.4) is 0 Å². The molecule has 1 N–H and O–H groups in total. The number of piperidine rings is 2. The molecular formula is C53H61ClN12O3. The molecule has 4 aromatic heterocycles. The number of halogens is 1. The summed E-state index contributed by atoms with van der Waals surface area (Å²) in [5, 5.41) is 24.8. The second kappa shape index (κ2) is 18.5. The third-order valence-electron chi connectivity index (χ3n) is 15.5. The minimum absolute atomic E-state index is 0.0948. The van der Waals surface area contributed by atoms with Crippen molar-refractivity contribution in [3.63, 3.8) is 0 Å². The lowest BCUT2D eigenvalue weighted by Gasteiger charge is -2.63. The first-order valence-corrected chi connectivity index (χ1v) is 24.8. The predicted molar refractivity (Wildman–Crippen MR) is 266 cm³/mol. The van der Waals surface area contributed by atoms with Crippen molar-refractivity contribution < 1.29 is 14.3 Å². The molecule has 69 heavy (non-hydrogen) atoms. The van der Waals surface area contributed by atoms with Gasteiger partial charge in [0.1, 0.15) is 17.9 Å². The number of nitrogens with zero attached hydrogens (tertiary/aromatic N) is 11. The van der Waals surface area contributed by atoms with Crippen LogP contribution in [-0.2, 0) is 24.8 Å². The second-order valence-corrected chi connectivity index (χ2v) is 21.2. The van der Waals surface area contributed by atoms with Crippen LogP contribution in [0.5, 0.6) is 5.75 Å². The van der Waals surface area contributed by atoms with Crippen LogP contribution >= 0.6 is 11.6 Å². The molecule has 15 nitrogen and oxygen atoms in total. The van der Waals surface area contributed by atoms with Gasteiger partial charge in [0.05, 0.1) is 39.8 Å². The zero-order valence-corrected chi connectivity index (χ0v) is 41.2. The van der Waals surface area contributed by atoms with Crippen LogP contribution in [0.4, 0.5) is 5.95 Å². The van der Waals surface area contributed by atoms with Crippen LogP contribution in [0.15, 0.2) is 73.4 Å². The number of anilines is 1. The first-order chi connectivity index (χ1) is 33.2. The van der Waals surface area contributed by atoms with E-state index < -0.39 is 0 Å². The number of ether oxygens (including phenoxy) is 1. The molecule has 358 valence electrons. The van der Waals surface area contributed by atoms with Crippen LogP contribution in [0, 0.1) is 28.1 Å². The standard InChI is InChI=1S/C53H61ClN12O3/c1-33(67)65-23-17-46-43(32-65)47(41-9-7-8-35-24-45(56-30-42(35)41)38-29-59-62(6)31-38)61-66(46)39-15-19-63(20-16-39)18-12-34-13-21-64(22-14-34)51-57-27-37(28-58-51)48(68)60-49-52(2,3)50(53(49,4)5)69-40-11-10-36(26-55)44(54)25-40/h7-11,24-25,27-31,34,39,49-50H,12-23,32H2,1-6H3,(H,60,68). The van der Waals surface area contributed by atoms with Gasteiger partial charge in [0.25, 0.3) is 5.91 Å². The summed E-state index contributed by atoms with van der Waals surface area (Å²) in [6.45, 7) is 16.2. The van der Waals surface area contributed by atoms with E-state index >= 15 is 0 Å². The number of carbonyl (C=O) groups is 2. The van der Waals surface area contributed by atoms with E-state index in [4.69, 9.17) is 26.4 Å². The van der Waals surface area contributed by atoms with Gasteiger partial charge >= 0.3 is 0 Å². The van der Waals surface area contributed by atoms with Crippen LogP contribution in [0.2, 0.25) is 5.02 Å². The van der Waals surface area contributed by atoms with Gasteiger partial charge in [-0.15, -0.1) is 0 Å². The Morgan fingerprint density at radius 3 is 2.36 bits per heavy atom. The van der Waals surface area contributed by atoms with Crippen molar-refractivity contribution in [3.8, 4) is 34.3 Å². The van der Waals surface area contributed by atoms with E-state index in [1.807, 2.05) is 30.5 Å². The van der Waals surface area contributed by atoms with E-state index in [1.54, 1.807) is 42.2 Å².